The van der Waals surface area contributed by atoms with E-state index in [1.165, 1.54) is 42.6 Å². The minimum atomic E-state index is -0.748. The van der Waals surface area contributed by atoms with E-state index in [0.29, 0.717) is 21.9 Å². The summed E-state index contributed by atoms with van der Waals surface area (Å²) in [6, 6.07) is 8.32. The largest absolute Gasteiger partial charge is 0.508 e. The molecule has 0 saturated heterocycles. The number of aromatic nitrogens is 1. The predicted molar refractivity (Wildman–Crippen MR) is 73.3 cm³/mol. The van der Waals surface area contributed by atoms with Crippen molar-refractivity contribution in [3.05, 3.63) is 58.8 Å². The number of aromatic amines is 1. The highest BCUT2D eigenvalue weighted by molar-refractivity contribution is 5.96. The van der Waals surface area contributed by atoms with E-state index in [1.54, 1.807) is 0 Å². The number of phenolic OH excluding ortho intramolecular Hbond substituents is 2. The molecule has 0 saturated carbocycles. The number of H-pyrrole nitrogens is 1. The molecule has 20 heavy (non-hydrogen) atoms. The van der Waals surface area contributed by atoms with E-state index in [2.05, 4.69) is 4.98 Å². The minimum Gasteiger partial charge on any atom is -0.508 e. The fourth-order valence-corrected chi connectivity index (χ4v) is 2.16. The Bertz CT molecular complexity index is 871. The summed E-state index contributed by atoms with van der Waals surface area (Å²) in [4.78, 5) is 14.3. The molecule has 1 heterocycles. The number of benzene rings is 2. The second kappa shape index (κ2) is 4.38. The van der Waals surface area contributed by atoms with Crippen molar-refractivity contribution in [2.75, 3.05) is 0 Å². The van der Waals surface area contributed by atoms with Crippen molar-refractivity contribution in [3.8, 4) is 22.6 Å². The summed E-state index contributed by atoms with van der Waals surface area (Å²) < 4.78 is 13.5. The lowest BCUT2D eigenvalue weighted by Crippen LogP contribution is -2.05. The topological polar surface area (TPSA) is 73.3 Å². The molecule has 0 unspecified atom stereocenters. The summed E-state index contributed by atoms with van der Waals surface area (Å²) in [7, 11) is 0. The lowest BCUT2D eigenvalue weighted by molar-refractivity contribution is 0.432. The first kappa shape index (κ1) is 12.2. The van der Waals surface area contributed by atoms with Crippen LogP contribution >= 0.6 is 0 Å². The van der Waals surface area contributed by atoms with Gasteiger partial charge < -0.3 is 15.2 Å². The Morgan fingerprint density at radius 3 is 2.55 bits per heavy atom. The van der Waals surface area contributed by atoms with Gasteiger partial charge in [-0.3, -0.25) is 4.79 Å². The van der Waals surface area contributed by atoms with Crippen LogP contribution in [0.3, 0.4) is 0 Å². The summed E-state index contributed by atoms with van der Waals surface area (Å²) in [6.45, 7) is 0. The third-order valence-corrected chi connectivity index (χ3v) is 3.14. The number of rotatable bonds is 1. The van der Waals surface area contributed by atoms with Crippen molar-refractivity contribution in [1.29, 1.82) is 0 Å². The van der Waals surface area contributed by atoms with Gasteiger partial charge in [-0.15, -0.1) is 0 Å². The number of phenols is 2. The minimum absolute atomic E-state index is 0.0172. The summed E-state index contributed by atoms with van der Waals surface area (Å²) in [5.74, 6) is -1.17. The SMILES string of the molecule is O=c1[nH]cc(-c2ccc(O)c(F)c2)c2cc(O)ccc12. The Balaban J connectivity index is 2.36. The van der Waals surface area contributed by atoms with Gasteiger partial charge in [-0.2, -0.15) is 0 Å². The van der Waals surface area contributed by atoms with Crippen LogP contribution in [0.1, 0.15) is 0 Å². The average molecular weight is 271 g/mol. The van der Waals surface area contributed by atoms with Gasteiger partial charge in [0.15, 0.2) is 11.6 Å². The number of hydrogen-bond donors (Lipinski definition) is 3. The molecule has 0 bridgehead atoms. The van der Waals surface area contributed by atoms with Crippen LogP contribution in [0.4, 0.5) is 4.39 Å². The first-order valence-corrected chi connectivity index (χ1v) is 5.89. The van der Waals surface area contributed by atoms with Crippen molar-refractivity contribution in [3.63, 3.8) is 0 Å². The van der Waals surface area contributed by atoms with Crippen molar-refractivity contribution in [1.82, 2.24) is 4.98 Å². The molecule has 1 aromatic heterocycles. The quantitative estimate of drug-likeness (QED) is 0.637. The van der Waals surface area contributed by atoms with Gasteiger partial charge in [0.2, 0.25) is 0 Å². The molecule has 0 amide bonds. The molecule has 0 spiro atoms. The second-order valence-electron chi connectivity index (χ2n) is 4.43. The zero-order valence-electron chi connectivity index (χ0n) is 10.2. The molecular formula is C15H10FNO3. The van der Waals surface area contributed by atoms with Crippen LogP contribution in [-0.2, 0) is 0 Å². The van der Waals surface area contributed by atoms with Crippen LogP contribution in [-0.4, -0.2) is 15.2 Å². The van der Waals surface area contributed by atoms with Crippen molar-refractivity contribution >= 4 is 10.8 Å². The summed E-state index contributed by atoms with van der Waals surface area (Å²) in [6.07, 6.45) is 1.45. The number of halogens is 1. The van der Waals surface area contributed by atoms with Crippen LogP contribution in [0, 0.1) is 5.82 Å². The fraction of sp³-hybridized carbons (Fsp3) is 0. The second-order valence-corrected chi connectivity index (χ2v) is 4.43. The molecule has 0 fully saturated rings. The third-order valence-electron chi connectivity index (χ3n) is 3.14. The van der Waals surface area contributed by atoms with Crippen molar-refractivity contribution < 1.29 is 14.6 Å². The molecular weight excluding hydrogens is 261 g/mol. The summed E-state index contributed by atoms with van der Waals surface area (Å²) >= 11 is 0. The van der Waals surface area contributed by atoms with Gasteiger partial charge in [-0.25, -0.2) is 4.39 Å². The van der Waals surface area contributed by atoms with Gasteiger partial charge in [-0.05, 0) is 35.9 Å². The monoisotopic (exact) mass is 271 g/mol. The van der Waals surface area contributed by atoms with Crippen LogP contribution in [0.25, 0.3) is 21.9 Å². The number of aromatic hydroxyl groups is 2. The molecule has 0 radical (unpaired) electrons. The first-order valence-electron chi connectivity index (χ1n) is 5.89. The maximum Gasteiger partial charge on any atom is 0.255 e. The van der Waals surface area contributed by atoms with E-state index in [9.17, 15) is 19.4 Å². The molecule has 0 aliphatic carbocycles. The average Bonchev–Trinajstić information content (AvgIpc) is 2.42. The molecule has 3 rings (SSSR count). The highest BCUT2D eigenvalue weighted by atomic mass is 19.1. The van der Waals surface area contributed by atoms with Gasteiger partial charge in [-0.1, -0.05) is 6.07 Å². The van der Waals surface area contributed by atoms with E-state index >= 15 is 0 Å². The Kier molecular flexibility index (Phi) is 2.68. The maximum absolute atomic E-state index is 13.5. The molecule has 0 aliphatic rings. The zero-order valence-corrected chi connectivity index (χ0v) is 10.2. The zero-order chi connectivity index (χ0) is 14.3. The van der Waals surface area contributed by atoms with Crippen LogP contribution < -0.4 is 5.56 Å². The smallest absolute Gasteiger partial charge is 0.255 e. The normalized spacial score (nSPS) is 10.8. The van der Waals surface area contributed by atoms with E-state index in [1.807, 2.05) is 0 Å². The Morgan fingerprint density at radius 2 is 1.80 bits per heavy atom. The molecule has 3 aromatic rings. The van der Waals surface area contributed by atoms with E-state index in [4.69, 9.17) is 0 Å². The lowest BCUT2D eigenvalue weighted by atomic mass is 10.0. The molecule has 3 N–H and O–H groups in total. The first-order chi connectivity index (χ1) is 9.56. The highest BCUT2D eigenvalue weighted by Gasteiger charge is 2.10. The Morgan fingerprint density at radius 1 is 1.00 bits per heavy atom. The summed E-state index contributed by atoms with van der Waals surface area (Å²) in [5, 5.41) is 19.7. The number of hydrogen-bond acceptors (Lipinski definition) is 3. The van der Waals surface area contributed by atoms with E-state index in [-0.39, 0.29) is 11.3 Å². The highest BCUT2D eigenvalue weighted by Crippen LogP contribution is 2.30. The summed E-state index contributed by atoms with van der Waals surface area (Å²) in [5.41, 5.74) is 0.768. The van der Waals surface area contributed by atoms with Gasteiger partial charge in [0.25, 0.3) is 5.56 Å². The van der Waals surface area contributed by atoms with Crippen molar-refractivity contribution in [2.45, 2.75) is 0 Å². The van der Waals surface area contributed by atoms with Gasteiger partial charge in [0.1, 0.15) is 5.75 Å². The number of nitrogens with one attached hydrogen (secondary N) is 1. The predicted octanol–water partition coefficient (Wildman–Crippen LogP) is 2.75. The van der Waals surface area contributed by atoms with Crippen LogP contribution in [0.15, 0.2) is 47.4 Å². The lowest BCUT2D eigenvalue weighted by Gasteiger charge is -2.07. The molecule has 0 aliphatic heterocycles. The van der Waals surface area contributed by atoms with E-state index in [0.717, 1.165) is 0 Å². The Labute approximate surface area is 112 Å². The van der Waals surface area contributed by atoms with Crippen LogP contribution in [0.2, 0.25) is 0 Å². The number of fused-ring (bicyclic) bond motifs is 1. The van der Waals surface area contributed by atoms with Crippen LogP contribution in [0.5, 0.6) is 11.5 Å². The molecule has 5 heteroatoms. The van der Waals surface area contributed by atoms with Gasteiger partial charge in [0.05, 0.1) is 0 Å². The number of pyridine rings is 1. The standard InChI is InChI=1S/C15H10FNO3/c16-13-5-8(1-4-14(13)19)12-7-17-15(20)10-3-2-9(18)6-11(10)12/h1-7,18-19H,(H,17,20). The molecule has 0 atom stereocenters. The maximum atomic E-state index is 13.5. The molecule has 2 aromatic carbocycles. The Hall–Kier alpha value is -2.82. The van der Waals surface area contributed by atoms with E-state index < -0.39 is 11.6 Å². The van der Waals surface area contributed by atoms with Gasteiger partial charge >= 0.3 is 0 Å². The third kappa shape index (κ3) is 1.89. The molecule has 100 valence electrons. The molecule has 4 nitrogen and oxygen atoms in total. The van der Waals surface area contributed by atoms with Crippen molar-refractivity contribution in [2.24, 2.45) is 0 Å². The van der Waals surface area contributed by atoms with Gasteiger partial charge in [0, 0.05) is 22.5 Å². The fourth-order valence-electron chi connectivity index (χ4n) is 2.16.